The number of aliphatic hydroxyl groups is 2. The first-order valence-corrected chi connectivity index (χ1v) is 8.08. The maximum atomic E-state index is 11.2. The maximum Gasteiger partial charge on any atom is 0.217 e. The van der Waals surface area contributed by atoms with Crippen molar-refractivity contribution in [2.24, 2.45) is 0 Å². The number of rotatable bonds is 6. The molecule has 3 N–H and O–H groups in total. The van der Waals surface area contributed by atoms with Crippen molar-refractivity contribution in [2.45, 2.75) is 38.5 Å². The first kappa shape index (κ1) is 17.7. The highest BCUT2D eigenvalue weighted by Gasteiger charge is 2.25. The summed E-state index contributed by atoms with van der Waals surface area (Å²) in [6.45, 7) is 4.16. The molecule has 1 saturated heterocycles. The minimum Gasteiger partial charge on any atom is -0.491 e. The molecular formula is C17H26N2O4. The van der Waals surface area contributed by atoms with Gasteiger partial charge >= 0.3 is 0 Å². The van der Waals surface area contributed by atoms with E-state index in [-0.39, 0.29) is 25.2 Å². The normalized spacial score (nSPS) is 22.4. The highest BCUT2D eigenvalue weighted by Crippen LogP contribution is 2.18. The Labute approximate surface area is 137 Å². The summed E-state index contributed by atoms with van der Waals surface area (Å²) in [7, 11) is 0. The van der Waals surface area contributed by atoms with Gasteiger partial charge in [-0.05, 0) is 30.5 Å². The lowest BCUT2D eigenvalue weighted by molar-refractivity contribution is -0.120. The zero-order valence-electron chi connectivity index (χ0n) is 13.6. The van der Waals surface area contributed by atoms with E-state index in [0.717, 1.165) is 37.4 Å². The van der Waals surface area contributed by atoms with Crippen molar-refractivity contribution in [3.05, 3.63) is 29.8 Å². The summed E-state index contributed by atoms with van der Waals surface area (Å²) >= 11 is 0. The van der Waals surface area contributed by atoms with Crippen LogP contribution in [0.1, 0.15) is 25.3 Å². The van der Waals surface area contributed by atoms with Crippen molar-refractivity contribution >= 4 is 5.91 Å². The Kier molecular flexibility index (Phi) is 6.83. The number of ether oxygens (including phenoxy) is 1. The molecule has 6 nitrogen and oxygen atoms in total. The molecule has 1 aliphatic heterocycles. The minimum absolute atomic E-state index is 0.00121. The summed E-state index contributed by atoms with van der Waals surface area (Å²) in [5, 5.41) is 21.8. The van der Waals surface area contributed by atoms with Crippen LogP contribution in [0.5, 0.6) is 5.75 Å². The molecular weight excluding hydrogens is 296 g/mol. The Balaban J connectivity index is 1.91. The highest BCUT2D eigenvalue weighted by molar-refractivity contribution is 5.73. The third-order valence-electron chi connectivity index (χ3n) is 4.02. The fraction of sp³-hybridized carbons (Fsp3) is 0.588. The zero-order chi connectivity index (χ0) is 16.7. The van der Waals surface area contributed by atoms with Crippen LogP contribution in [0.15, 0.2) is 24.3 Å². The Hall–Kier alpha value is -1.63. The smallest absolute Gasteiger partial charge is 0.217 e. The second-order valence-electron chi connectivity index (χ2n) is 5.95. The molecule has 0 radical (unpaired) electrons. The van der Waals surface area contributed by atoms with E-state index in [9.17, 15) is 9.90 Å². The van der Waals surface area contributed by atoms with Gasteiger partial charge < -0.3 is 20.3 Å². The number of carbonyl (C=O) groups excluding carboxylic acids is 1. The number of likely N-dealkylation sites (tertiary alicyclic amines) is 1. The van der Waals surface area contributed by atoms with Gasteiger partial charge in [0.25, 0.3) is 0 Å². The monoisotopic (exact) mass is 322 g/mol. The van der Waals surface area contributed by atoms with Gasteiger partial charge in [0, 0.05) is 26.6 Å². The number of nitrogens with one attached hydrogen (secondary N) is 1. The van der Waals surface area contributed by atoms with Crippen molar-refractivity contribution in [2.75, 3.05) is 26.3 Å². The van der Waals surface area contributed by atoms with E-state index in [4.69, 9.17) is 9.84 Å². The van der Waals surface area contributed by atoms with Crippen LogP contribution < -0.4 is 10.1 Å². The number of hydrogen-bond acceptors (Lipinski definition) is 5. The van der Waals surface area contributed by atoms with Gasteiger partial charge in [0.15, 0.2) is 0 Å². The van der Waals surface area contributed by atoms with Crippen molar-refractivity contribution in [3.63, 3.8) is 0 Å². The van der Waals surface area contributed by atoms with E-state index in [1.807, 2.05) is 24.3 Å². The number of benzene rings is 1. The molecule has 1 aliphatic rings. The number of hydrogen-bond donors (Lipinski definition) is 3. The van der Waals surface area contributed by atoms with Crippen LogP contribution in [-0.4, -0.2) is 59.5 Å². The summed E-state index contributed by atoms with van der Waals surface area (Å²) in [6.07, 6.45) is 0.885. The molecule has 128 valence electrons. The van der Waals surface area contributed by atoms with Crippen molar-refractivity contribution in [1.29, 1.82) is 0 Å². The third kappa shape index (κ3) is 5.82. The largest absolute Gasteiger partial charge is 0.491 e. The quantitative estimate of drug-likeness (QED) is 0.711. The Morgan fingerprint density at radius 3 is 2.91 bits per heavy atom. The van der Waals surface area contributed by atoms with E-state index < -0.39 is 6.10 Å². The lowest BCUT2D eigenvalue weighted by atomic mass is 10.1. The molecule has 0 bridgehead atoms. The van der Waals surface area contributed by atoms with E-state index >= 15 is 0 Å². The number of carbonyl (C=O) groups is 1. The Morgan fingerprint density at radius 2 is 2.17 bits per heavy atom. The topological polar surface area (TPSA) is 82.0 Å². The molecule has 0 unspecified atom stereocenters. The fourth-order valence-corrected chi connectivity index (χ4v) is 2.88. The molecule has 2 rings (SSSR count). The number of amides is 1. The Morgan fingerprint density at radius 1 is 1.39 bits per heavy atom. The number of aliphatic hydroxyl groups excluding tert-OH is 2. The van der Waals surface area contributed by atoms with Crippen LogP contribution >= 0.6 is 0 Å². The second-order valence-corrected chi connectivity index (χ2v) is 5.95. The molecule has 6 heteroatoms. The molecule has 2 atom stereocenters. The standard InChI is InChI=1S/C17H26N2O4/c1-13(21)18-16-5-7-19(8-6-17(16)22)12-14-3-2-4-15(11-14)23-10-9-20/h2-4,11,16-17,20,22H,5-10,12H2,1H3,(H,18,21)/t16-,17-/m0/s1. The molecule has 1 aromatic carbocycles. The van der Waals surface area contributed by atoms with E-state index in [0.29, 0.717) is 6.42 Å². The molecule has 0 spiro atoms. The third-order valence-corrected chi connectivity index (χ3v) is 4.02. The summed E-state index contributed by atoms with van der Waals surface area (Å²) < 4.78 is 5.43. The van der Waals surface area contributed by atoms with E-state index in [1.54, 1.807) is 0 Å². The van der Waals surface area contributed by atoms with Crippen LogP contribution in [0, 0.1) is 0 Å². The van der Waals surface area contributed by atoms with Crippen molar-refractivity contribution < 1.29 is 19.7 Å². The van der Waals surface area contributed by atoms with Gasteiger partial charge in [-0.1, -0.05) is 12.1 Å². The molecule has 0 aromatic heterocycles. The van der Waals surface area contributed by atoms with Crippen LogP contribution in [0.3, 0.4) is 0 Å². The summed E-state index contributed by atoms with van der Waals surface area (Å²) in [4.78, 5) is 13.5. The van der Waals surface area contributed by atoms with Gasteiger partial charge in [0.2, 0.25) is 5.91 Å². The maximum absolute atomic E-state index is 11.2. The Bertz CT molecular complexity index is 509. The van der Waals surface area contributed by atoms with Gasteiger partial charge in [-0.3, -0.25) is 9.69 Å². The highest BCUT2D eigenvalue weighted by atomic mass is 16.5. The molecule has 23 heavy (non-hydrogen) atoms. The molecule has 1 aromatic rings. The minimum atomic E-state index is -0.497. The first-order valence-electron chi connectivity index (χ1n) is 8.08. The first-order chi connectivity index (χ1) is 11.1. The van der Waals surface area contributed by atoms with Crippen LogP contribution in [-0.2, 0) is 11.3 Å². The van der Waals surface area contributed by atoms with Crippen LogP contribution in [0.4, 0.5) is 0 Å². The fourth-order valence-electron chi connectivity index (χ4n) is 2.88. The lowest BCUT2D eigenvalue weighted by Crippen LogP contribution is -2.42. The predicted molar refractivity (Wildman–Crippen MR) is 87.1 cm³/mol. The summed E-state index contributed by atoms with van der Waals surface area (Å²) in [5.74, 6) is 0.652. The van der Waals surface area contributed by atoms with Crippen molar-refractivity contribution in [1.82, 2.24) is 10.2 Å². The molecule has 1 fully saturated rings. The lowest BCUT2D eigenvalue weighted by Gasteiger charge is -2.21. The van der Waals surface area contributed by atoms with Gasteiger partial charge in [0.05, 0.1) is 18.8 Å². The molecule has 1 amide bonds. The summed E-state index contributed by atoms with van der Waals surface area (Å²) in [5.41, 5.74) is 1.13. The van der Waals surface area contributed by atoms with E-state index in [2.05, 4.69) is 10.2 Å². The zero-order valence-corrected chi connectivity index (χ0v) is 13.6. The van der Waals surface area contributed by atoms with Gasteiger partial charge in [-0.15, -0.1) is 0 Å². The van der Waals surface area contributed by atoms with Gasteiger partial charge in [-0.2, -0.15) is 0 Å². The molecule has 1 heterocycles. The van der Waals surface area contributed by atoms with Crippen LogP contribution in [0.25, 0.3) is 0 Å². The summed E-state index contributed by atoms with van der Waals surface area (Å²) in [6, 6.07) is 7.66. The predicted octanol–water partition coefficient (Wildman–Crippen LogP) is 0.519. The van der Waals surface area contributed by atoms with Gasteiger partial charge in [0.1, 0.15) is 12.4 Å². The average Bonchev–Trinajstić information content (AvgIpc) is 2.69. The van der Waals surface area contributed by atoms with Crippen LogP contribution in [0.2, 0.25) is 0 Å². The molecule has 0 aliphatic carbocycles. The second kappa shape index (κ2) is 8.86. The SMILES string of the molecule is CC(=O)N[C@H]1CCN(Cc2cccc(OCCO)c2)CC[C@@H]1O. The molecule has 0 saturated carbocycles. The van der Waals surface area contributed by atoms with E-state index in [1.165, 1.54) is 6.92 Å². The average molecular weight is 322 g/mol. The number of nitrogens with zero attached hydrogens (tertiary/aromatic N) is 1. The van der Waals surface area contributed by atoms with Gasteiger partial charge in [-0.25, -0.2) is 0 Å². The van der Waals surface area contributed by atoms with Crippen molar-refractivity contribution in [3.8, 4) is 5.75 Å².